The van der Waals surface area contributed by atoms with Gasteiger partial charge in [0.25, 0.3) is 5.91 Å². The summed E-state index contributed by atoms with van der Waals surface area (Å²) in [7, 11) is 0. The maximum atomic E-state index is 12.2. The molecule has 0 aliphatic carbocycles. The highest BCUT2D eigenvalue weighted by molar-refractivity contribution is 5.95. The van der Waals surface area contributed by atoms with Gasteiger partial charge in [-0.3, -0.25) is 4.79 Å². The zero-order chi connectivity index (χ0) is 21.3. The number of hydrogen-bond acceptors (Lipinski definition) is 5. The van der Waals surface area contributed by atoms with E-state index in [1.54, 1.807) is 24.3 Å². The normalized spacial score (nSPS) is 11.1. The first-order chi connectivity index (χ1) is 14.6. The fourth-order valence-corrected chi connectivity index (χ4v) is 2.78. The first kappa shape index (κ1) is 20.6. The van der Waals surface area contributed by atoms with E-state index in [2.05, 4.69) is 5.32 Å². The number of nitriles is 1. The van der Waals surface area contributed by atoms with E-state index >= 15 is 0 Å². The Morgan fingerprint density at radius 1 is 1.00 bits per heavy atom. The van der Waals surface area contributed by atoms with Crippen molar-refractivity contribution in [1.82, 2.24) is 0 Å². The standard InChI is InChI=1S/C24H20N2O4/c1-17(24(28)26-20-11-7-8-18(14-20)15-25)30-23(27)16-29-22-13-6-5-12-21(22)19-9-3-2-4-10-19/h2-14,17H,16H2,1H3,(H,26,28)/t17-/m0/s1. The number of amides is 1. The Balaban J connectivity index is 1.56. The number of ether oxygens (including phenoxy) is 2. The van der Waals surface area contributed by atoms with Gasteiger partial charge >= 0.3 is 5.97 Å². The first-order valence-electron chi connectivity index (χ1n) is 9.34. The van der Waals surface area contributed by atoms with Crippen LogP contribution < -0.4 is 10.1 Å². The van der Waals surface area contributed by atoms with Crippen LogP contribution in [0.25, 0.3) is 11.1 Å². The van der Waals surface area contributed by atoms with E-state index in [4.69, 9.17) is 14.7 Å². The molecule has 6 heteroatoms. The van der Waals surface area contributed by atoms with Gasteiger partial charge in [0.2, 0.25) is 0 Å². The molecule has 3 rings (SSSR count). The van der Waals surface area contributed by atoms with Gasteiger partial charge in [-0.15, -0.1) is 0 Å². The minimum absolute atomic E-state index is 0.328. The molecule has 0 unspecified atom stereocenters. The van der Waals surface area contributed by atoms with Crippen LogP contribution in [0.3, 0.4) is 0 Å². The molecule has 1 atom stereocenters. The molecule has 0 saturated carbocycles. The lowest BCUT2D eigenvalue weighted by Crippen LogP contribution is -2.31. The van der Waals surface area contributed by atoms with Crippen LogP contribution in [0.2, 0.25) is 0 Å². The van der Waals surface area contributed by atoms with Crippen molar-refractivity contribution in [2.24, 2.45) is 0 Å². The Kier molecular flexibility index (Phi) is 6.80. The number of rotatable bonds is 7. The molecule has 0 radical (unpaired) electrons. The minimum Gasteiger partial charge on any atom is -0.481 e. The molecular formula is C24H20N2O4. The number of carbonyl (C=O) groups is 2. The van der Waals surface area contributed by atoms with Crippen molar-refractivity contribution in [2.45, 2.75) is 13.0 Å². The van der Waals surface area contributed by atoms with Crippen LogP contribution in [0.5, 0.6) is 5.75 Å². The van der Waals surface area contributed by atoms with E-state index in [-0.39, 0.29) is 6.61 Å². The molecule has 150 valence electrons. The van der Waals surface area contributed by atoms with Crippen molar-refractivity contribution in [2.75, 3.05) is 11.9 Å². The quantitative estimate of drug-likeness (QED) is 0.601. The average molecular weight is 400 g/mol. The van der Waals surface area contributed by atoms with Crippen LogP contribution in [0, 0.1) is 11.3 Å². The summed E-state index contributed by atoms with van der Waals surface area (Å²) in [4.78, 5) is 24.4. The molecule has 1 N–H and O–H groups in total. The molecule has 1 amide bonds. The molecule has 0 aromatic heterocycles. The van der Waals surface area contributed by atoms with Gasteiger partial charge in [-0.05, 0) is 36.8 Å². The number of nitrogens with zero attached hydrogens (tertiary/aromatic N) is 1. The average Bonchev–Trinajstić information content (AvgIpc) is 2.78. The van der Waals surface area contributed by atoms with E-state index in [1.807, 2.05) is 54.6 Å². The first-order valence-corrected chi connectivity index (χ1v) is 9.34. The highest BCUT2D eigenvalue weighted by atomic mass is 16.6. The Hall–Kier alpha value is -4.11. The predicted molar refractivity (Wildman–Crippen MR) is 113 cm³/mol. The second kappa shape index (κ2) is 9.89. The molecule has 0 fully saturated rings. The third kappa shape index (κ3) is 5.46. The third-order valence-corrected chi connectivity index (χ3v) is 4.25. The van der Waals surface area contributed by atoms with Crippen LogP contribution in [-0.4, -0.2) is 24.6 Å². The maximum absolute atomic E-state index is 12.2. The van der Waals surface area contributed by atoms with E-state index in [9.17, 15) is 9.59 Å². The second-order valence-electron chi connectivity index (χ2n) is 6.46. The van der Waals surface area contributed by atoms with Crippen molar-refractivity contribution >= 4 is 17.6 Å². The van der Waals surface area contributed by atoms with Crippen LogP contribution in [0.1, 0.15) is 12.5 Å². The summed E-state index contributed by atoms with van der Waals surface area (Å²) in [5.41, 5.74) is 2.70. The Morgan fingerprint density at radius 2 is 1.73 bits per heavy atom. The van der Waals surface area contributed by atoms with Crippen molar-refractivity contribution < 1.29 is 19.1 Å². The Bertz CT molecular complexity index is 1070. The zero-order valence-electron chi connectivity index (χ0n) is 16.4. The predicted octanol–water partition coefficient (Wildman–Crippen LogP) is 4.17. The van der Waals surface area contributed by atoms with Gasteiger partial charge in [0.1, 0.15) is 5.75 Å². The summed E-state index contributed by atoms with van der Waals surface area (Å²) < 4.78 is 10.8. The maximum Gasteiger partial charge on any atom is 0.344 e. The molecule has 0 spiro atoms. The lowest BCUT2D eigenvalue weighted by molar-refractivity contribution is -0.155. The van der Waals surface area contributed by atoms with E-state index in [1.165, 1.54) is 13.0 Å². The van der Waals surface area contributed by atoms with Gasteiger partial charge in [0.05, 0.1) is 11.6 Å². The smallest absolute Gasteiger partial charge is 0.344 e. The number of esters is 1. The number of benzene rings is 3. The number of carbonyl (C=O) groups excluding carboxylic acids is 2. The summed E-state index contributed by atoms with van der Waals surface area (Å²) >= 11 is 0. The van der Waals surface area contributed by atoms with Crippen LogP contribution in [0.15, 0.2) is 78.9 Å². The molecule has 0 aliphatic heterocycles. The monoisotopic (exact) mass is 400 g/mol. The SMILES string of the molecule is C[C@H](OC(=O)COc1ccccc1-c1ccccc1)C(=O)Nc1cccc(C#N)c1. The number of anilines is 1. The van der Waals surface area contributed by atoms with Gasteiger partial charge in [0.15, 0.2) is 12.7 Å². The molecule has 3 aromatic rings. The fourth-order valence-electron chi connectivity index (χ4n) is 2.78. The van der Waals surface area contributed by atoms with Crippen molar-refractivity contribution in [3.8, 4) is 22.9 Å². The van der Waals surface area contributed by atoms with E-state index in [0.717, 1.165) is 11.1 Å². The molecule has 3 aromatic carbocycles. The number of nitrogens with one attached hydrogen (secondary N) is 1. The lowest BCUT2D eigenvalue weighted by atomic mass is 10.1. The van der Waals surface area contributed by atoms with Gasteiger partial charge in [-0.2, -0.15) is 5.26 Å². The van der Waals surface area contributed by atoms with E-state index in [0.29, 0.717) is 17.0 Å². The van der Waals surface area contributed by atoms with Crippen molar-refractivity contribution in [1.29, 1.82) is 5.26 Å². The van der Waals surface area contributed by atoms with E-state index < -0.39 is 18.0 Å². The van der Waals surface area contributed by atoms with Crippen LogP contribution in [-0.2, 0) is 14.3 Å². The van der Waals surface area contributed by atoms with Crippen molar-refractivity contribution in [3.05, 3.63) is 84.4 Å². The fraction of sp³-hybridized carbons (Fsp3) is 0.125. The zero-order valence-corrected chi connectivity index (χ0v) is 16.4. The Labute approximate surface area is 174 Å². The van der Waals surface area contributed by atoms with Crippen LogP contribution in [0.4, 0.5) is 5.69 Å². The summed E-state index contributed by atoms with van der Waals surface area (Å²) in [5.74, 6) is -0.611. The Morgan fingerprint density at radius 3 is 2.50 bits per heavy atom. The largest absolute Gasteiger partial charge is 0.481 e. The molecule has 0 aliphatic rings. The minimum atomic E-state index is -1.02. The summed E-state index contributed by atoms with van der Waals surface area (Å²) in [6.07, 6.45) is -1.02. The highest BCUT2D eigenvalue weighted by Crippen LogP contribution is 2.29. The topological polar surface area (TPSA) is 88.4 Å². The lowest BCUT2D eigenvalue weighted by Gasteiger charge is -2.15. The summed E-state index contributed by atoms with van der Waals surface area (Å²) in [6, 6.07) is 25.5. The molecule has 0 bridgehead atoms. The van der Waals surface area contributed by atoms with Gasteiger partial charge in [0, 0.05) is 11.3 Å². The van der Waals surface area contributed by atoms with Gasteiger partial charge in [-0.1, -0.05) is 54.6 Å². The molecule has 0 heterocycles. The third-order valence-electron chi connectivity index (χ3n) is 4.25. The summed E-state index contributed by atoms with van der Waals surface area (Å²) in [5, 5.41) is 11.5. The second-order valence-corrected chi connectivity index (χ2v) is 6.46. The van der Waals surface area contributed by atoms with Crippen LogP contribution >= 0.6 is 0 Å². The van der Waals surface area contributed by atoms with Gasteiger partial charge < -0.3 is 14.8 Å². The summed E-state index contributed by atoms with van der Waals surface area (Å²) in [6.45, 7) is 1.14. The molecule has 0 saturated heterocycles. The van der Waals surface area contributed by atoms with Crippen molar-refractivity contribution in [3.63, 3.8) is 0 Å². The molecule has 30 heavy (non-hydrogen) atoms. The molecular weight excluding hydrogens is 380 g/mol. The number of para-hydroxylation sites is 1. The number of hydrogen-bond donors (Lipinski definition) is 1. The molecule has 6 nitrogen and oxygen atoms in total. The highest BCUT2D eigenvalue weighted by Gasteiger charge is 2.19. The van der Waals surface area contributed by atoms with Gasteiger partial charge in [-0.25, -0.2) is 4.79 Å².